The van der Waals surface area contributed by atoms with Gasteiger partial charge in [0.05, 0.1) is 21.8 Å². The lowest BCUT2D eigenvalue weighted by Gasteiger charge is -2.29. The summed E-state index contributed by atoms with van der Waals surface area (Å²) in [5, 5.41) is 5.82. The van der Waals surface area contributed by atoms with E-state index in [9.17, 15) is 9.59 Å². The van der Waals surface area contributed by atoms with E-state index in [1.54, 1.807) is 12.1 Å². The number of nitrogens with two attached hydrogens (primary N) is 1. The SMILES string of the molecule is CCC(CC)(CN)C(=O)Nc1cc2c(cc1Cl)NC(=O)CO2.Cl. The lowest BCUT2D eigenvalue weighted by atomic mass is 9.81. The minimum Gasteiger partial charge on any atom is -0.482 e. The number of benzene rings is 1. The molecule has 8 heteroatoms. The highest BCUT2D eigenvalue weighted by Crippen LogP contribution is 2.37. The van der Waals surface area contributed by atoms with Crippen LogP contribution in [0.1, 0.15) is 26.7 Å². The molecule has 4 N–H and O–H groups in total. The zero-order valence-electron chi connectivity index (χ0n) is 13.1. The number of carbonyl (C=O) groups excluding carboxylic acids is 2. The highest BCUT2D eigenvalue weighted by atomic mass is 35.5. The van der Waals surface area contributed by atoms with Crippen LogP contribution in [0.5, 0.6) is 5.75 Å². The number of anilines is 2. The number of carbonyl (C=O) groups is 2. The van der Waals surface area contributed by atoms with E-state index >= 15 is 0 Å². The molecule has 2 rings (SSSR count). The molecule has 1 aromatic rings. The lowest BCUT2D eigenvalue weighted by molar-refractivity contribution is -0.125. The Morgan fingerprint density at radius 1 is 1.43 bits per heavy atom. The van der Waals surface area contributed by atoms with Gasteiger partial charge in [0.1, 0.15) is 5.75 Å². The molecule has 1 aromatic carbocycles. The van der Waals surface area contributed by atoms with Crippen LogP contribution >= 0.6 is 24.0 Å². The van der Waals surface area contributed by atoms with Gasteiger partial charge in [0.25, 0.3) is 5.91 Å². The molecule has 0 saturated carbocycles. The molecule has 6 nitrogen and oxygen atoms in total. The summed E-state index contributed by atoms with van der Waals surface area (Å²) in [6, 6.07) is 3.17. The molecule has 0 fully saturated rings. The van der Waals surface area contributed by atoms with Crippen LogP contribution in [-0.2, 0) is 9.59 Å². The normalized spacial score (nSPS) is 13.3. The Balaban J connectivity index is 0.00000264. The van der Waals surface area contributed by atoms with Gasteiger partial charge in [0, 0.05) is 12.6 Å². The molecular formula is C15H21Cl2N3O3. The van der Waals surface area contributed by atoms with Crippen molar-refractivity contribution in [1.82, 2.24) is 0 Å². The number of hydrogen-bond donors (Lipinski definition) is 3. The number of ether oxygens (including phenoxy) is 1. The molecule has 0 bridgehead atoms. The Morgan fingerprint density at radius 3 is 2.65 bits per heavy atom. The average molecular weight is 362 g/mol. The van der Waals surface area contributed by atoms with Gasteiger partial charge in [-0.25, -0.2) is 0 Å². The van der Waals surface area contributed by atoms with Gasteiger partial charge in [-0.15, -0.1) is 12.4 Å². The third-order valence-electron chi connectivity index (χ3n) is 4.18. The van der Waals surface area contributed by atoms with Crippen LogP contribution in [0.3, 0.4) is 0 Å². The summed E-state index contributed by atoms with van der Waals surface area (Å²) in [7, 11) is 0. The Hall–Kier alpha value is -1.50. The first-order valence-electron chi connectivity index (χ1n) is 7.23. The van der Waals surface area contributed by atoms with E-state index in [1.807, 2.05) is 13.8 Å². The summed E-state index contributed by atoms with van der Waals surface area (Å²) in [5.41, 5.74) is 6.11. The number of hydrogen-bond acceptors (Lipinski definition) is 4. The van der Waals surface area contributed by atoms with Crippen molar-refractivity contribution in [3.63, 3.8) is 0 Å². The average Bonchev–Trinajstić information content (AvgIpc) is 2.50. The van der Waals surface area contributed by atoms with Crippen molar-refractivity contribution >= 4 is 47.2 Å². The van der Waals surface area contributed by atoms with Crippen molar-refractivity contribution in [2.24, 2.45) is 11.1 Å². The molecule has 2 amide bonds. The number of amides is 2. The molecule has 0 atom stereocenters. The van der Waals surface area contributed by atoms with Gasteiger partial charge in [0.15, 0.2) is 6.61 Å². The van der Waals surface area contributed by atoms with Crippen LogP contribution in [0.25, 0.3) is 0 Å². The zero-order chi connectivity index (χ0) is 16.3. The van der Waals surface area contributed by atoms with Crippen LogP contribution in [-0.4, -0.2) is 25.0 Å². The maximum absolute atomic E-state index is 12.5. The second kappa shape index (κ2) is 7.86. The van der Waals surface area contributed by atoms with E-state index in [0.29, 0.717) is 35.0 Å². The Morgan fingerprint density at radius 2 is 2.09 bits per heavy atom. The van der Waals surface area contributed by atoms with E-state index in [0.717, 1.165) is 0 Å². The maximum Gasteiger partial charge on any atom is 0.262 e. The number of nitrogens with one attached hydrogen (secondary N) is 2. The van der Waals surface area contributed by atoms with E-state index in [-0.39, 0.29) is 37.4 Å². The van der Waals surface area contributed by atoms with Crippen molar-refractivity contribution in [3.05, 3.63) is 17.2 Å². The van der Waals surface area contributed by atoms with Gasteiger partial charge in [-0.3, -0.25) is 9.59 Å². The van der Waals surface area contributed by atoms with E-state index in [2.05, 4.69) is 10.6 Å². The molecular weight excluding hydrogens is 341 g/mol. The lowest BCUT2D eigenvalue weighted by Crippen LogP contribution is -2.41. The van der Waals surface area contributed by atoms with Gasteiger partial charge in [-0.05, 0) is 18.9 Å². The standard InChI is InChI=1S/C15H20ClN3O3.ClH/c1-3-15(4-2,8-17)14(21)19-10-6-12-11(5-9(10)16)18-13(20)7-22-12;/h5-6H,3-4,7-8,17H2,1-2H3,(H,18,20)(H,19,21);1H. The molecule has 0 spiro atoms. The molecule has 1 aliphatic rings. The zero-order valence-corrected chi connectivity index (χ0v) is 14.6. The molecule has 0 radical (unpaired) electrons. The van der Waals surface area contributed by atoms with E-state index < -0.39 is 5.41 Å². The second-order valence-electron chi connectivity index (χ2n) is 5.31. The van der Waals surface area contributed by atoms with Crippen molar-refractivity contribution in [2.75, 3.05) is 23.8 Å². The number of rotatable bonds is 5. The quantitative estimate of drug-likeness (QED) is 0.751. The molecule has 23 heavy (non-hydrogen) atoms. The Bertz CT molecular complexity index is 596. The molecule has 0 saturated heterocycles. The molecule has 1 aliphatic heterocycles. The summed E-state index contributed by atoms with van der Waals surface area (Å²) in [4.78, 5) is 23.8. The fraction of sp³-hybridized carbons (Fsp3) is 0.467. The predicted molar refractivity (Wildman–Crippen MR) is 93.5 cm³/mol. The minimum absolute atomic E-state index is 0. The molecule has 128 valence electrons. The molecule has 0 aromatic heterocycles. The second-order valence-corrected chi connectivity index (χ2v) is 5.72. The van der Waals surface area contributed by atoms with Crippen LogP contribution in [0.15, 0.2) is 12.1 Å². The molecule has 0 unspecified atom stereocenters. The first kappa shape index (κ1) is 19.5. The van der Waals surface area contributed by atoms with Crippen LogP contribution < -0.4 is 21.1 Å². The molecule has 0 aliphatic carbocycles. The predicted octanol–water partition coefficient (Wildman–Crippen LogP) is 2.80. The van der Waals surface area contributed by atoms with Crippen LogP contribution in [0.2, 0.25) is 5.02 Å². The Kier molecular flexibility index (Phi) is 6.68. The highest BCUT2D eigenvalue weighted by Gasteiger charge is 2.34. The summed E-state index contributed by atoms with van der Waals surface area (Å²) in [6.07, 6.45) is 1.28. The van der Waals surface area contributed by atoms with Gasteiger partial charge in [-0.1, -0.05) is 25.4 Å². The number of fused-ring (bicyclic) bond motifs is 1. The smallest absolute Gasteiger partial charge is 0.262 e. The summed E-state index contributed by atoms with van der Waals surface area (Å²) < 4.78 is 5.33. The first-order valence-corrected chi connectivity index (χ1v) is 7.61. The van der Waals surface area contributed by atoms with Crippen molar-refractivity contribution in [1.29, 1.82) is 0 Å². The monoisotopic (exact) mass is 361 g/mol. The fourth-order valence-electron chi connectivity index (χ4n) is 2.40. The fourth-order valence-corrected chi connectivity index (χ4v) is 2.61. The van der Waals surface area contributed by atoms with Crippen molar-refractivity contribution in [2.45, 2.75) is 26.7 Å². The third kappa shape index (κ3) is 3.88. The minimum atomic E-state index is -0.617. The first-order chi connectivity index (χ1) is 10.5. The van der Waals surface area contributed by atoms with Gasteiger partial charge in [-0.2, -0.15) is 0 Å². The van der Waals surface area contributed by atoms with Crippen LogP contribution in [0.4, 0.5) is 11.4 Å². The summed E-state index contributed by atoms with van der Waals surface area (Å²) in [5.74, 6) is 0.0757. The number of halogens is 2. The van der Waals surface area contributed by atoms with E-state index in [1.165, 1.54) is 0 Å². The van der Waals surface area contributed by atoms with Crippen molar-refractivity contribution in [3.8, 4) is 5.75 Å². The van der Waals surface area contributed by atoms with Crippen LogP contribution in [0, 0.1) is 5.41 Å². The highest BCUT2D eigenvalue weighted by molar-refractivity contribution is 6.34. The van der Waals surface area contributed by atoms with Gasteiger partial charge < -0.3 is 21.1 Å². The van der Waals surface area contributed by atoms with E-state index in [4.69, 9.17) is 22.1 Å². The summed E-state index contributed by atoms with van der Waals surface area (Å²) in [6.45, 7) is 4.08. The Labute approximate surface area is 146 Å². The molecule has 1 heterocycles. The van der Waals surface area contributed by atoms with Crippen molar-refractivity contribution < 1.29 is 14.3 Å². The van der Waals surface area contributed by atoms with Gasteiger partial charge in [0.2, 0.25) is 5.91 Å². The maximum atomic E-state index is 12.5. The van der Waals surface area contributed by atoms with Gasteiger partial charge >= 0.3 is 0 Å². The summed E-state index contributed by atoms with van der Waals surface area (Å²) >= 11 is 6.18. The largest absolute Gasteiger partial charge is 0.482 e. The topological polar surface area (TPSA) is 93.5 Å². The third-order valence-corrected chi connectivity index (χ3v) is 4.49.